The van der Waals surface area contributed by atoms with Gasteiger partial charge in [0, 0.05) is 26.9 Å². The topological polar surface area (TPSA) is 92.5 Å². The van der Waals surface area contributed by atoms with Gasteiger partial charge in [-0.15, -0.1) is 11.3 Å². The fourth-order valence-corrected chi connectivity index (χ4v) is 4.27. The van der Waals surface area contributed by atoms with Gasteiger partial charge in [0.25, 0.3) is 5.91 Å². The van der Waals surface area contributed by atoms with Crippen molar-refractivity contribution < 1.29 is 13.2 Å². The average molecular weight is 319 g/mol. The Kier molecular flexibility index (Phi) is 5.41. The Balaban J connectivity index is 3.28. The summed E-state index contributed by atoms with van der Waals surface area (Å²) < 4.78 is 23.7. The van der Waals surface area contributed by atoms with E-state index in [4.69, 9.17) is 5.73 Å². The molecule has 0 spiro atoms. The van der Waals surface area contributed by atoms with E-state index in [1.165, 1.54) is 4.90 Å². The highest BCUT2D eigenvalue weighted by molar-refractivity contribution is 7.91. The number of anilines is 2. The summed E-state index contributed by atoms with van der Waals surface area (Å²) in [6, 6.07) is 0. The SMILES string of the molecule is CCCCNc1sc(C(=O)N(C)C)c(N)c1S(C)(=O)=O. The van der Waals surface area contributed by atoms with E-state index >= 15 is 0 Å². The van der Waals surface area contributed by atoms with E-state index in [1.54, 1.807) is 14.1 Å². The third-order valence-electron chi connectivity index (χ3n) is 2.69. The van der Waals surface area contributed by atoms with Crippen molar-refractivity contribution in [2.24, 2.45) is 0 Å². The lowest BCUT2D eigenvalue weighted by Gasteiger charge is -2.08. The molecule has 0 saturated heterocycles. The van der Waals surface area contributed by atoms with Crippen LogP contribution in [0.2, 0.25) is 0 Å². The van der Waals surface area contributed by atoms with Crippen LogP contribution in [0.5, 0.6) is 0 Å². The number of nitrogens with two attached hydrogens (primary N) is 1. The number of hydrogen-bond donors (Lipinski definition) is 2. The first-order chi connectivity index (χ1) is 9.20. The summed E-state index contributed by atoms with van der Waals surface area (Å²) >= 11 is 1.09. The molecule has 0 aliphatic carbocycles. The van der Waals surface area contributed by atoms with Gasteiger partial charge in [-0.1, -0.05) is 13.3 Å². The van der Waals surface area contributed by atoms with Gasteiger partial charge in [0.2, 0.25) is 0 Å². The minimum atomic E-state index is -3.49. The zero-order chi connectivity index (χ0) is 15.5. The summed E-state index contributed by atoms with van der Waals surface area (Å²) in [5.41, 5.74) is 5.91. The number of nitrogens with one attached hydrogen (secondary N) is 1. The molecule has 0 atom stereocenters. The molecule has 1 amide bonds. The van der Waals surface area contributed by atoms with Crippen molar-refractivity contribution in [3.05, 3.63) is 4.88 Å². The molecule has 6 nitrogen and oxygen atoms in total. The highest BCUT2D eigenvalue weighted by atomic mass is 32.2. The van der Waals surface area contributed by atoms with Crippen LogP contribution in [0.25, 0.3) is 0 Å². The van der Waals surface area contributed by atoms with E-state index in [0.29, 0.717) is 11.5 Å². The number of unbranched alkanes of at least 4 members (excludes halogenated alkanes) is 1. The van der Waals surface area contributed by atoms with Gasteiger partial charge in [-0.05, 0) is 6.42 Å². The fourth-order valence-electron chi connectivity index (χ4n) is 1.65. The Labute approximate surface area is 123 Å². The van der Waals surface area contributed by atoms with Gasteiger partial charge in [0.15, 0.2) is 9.84 Å². The second-order valence-electron chi connectivity index (χ2n) is 4.76. The van der Waals surface area contributed by atoms with Crippen LogP contribution in [-0.4, -0.2) is 46.1 Å². The summed E-state index contributed by atoms with van der Waals surface area (Å²) in [5.74, 6) is -0.291. The van der Waals surface area contributed by atoms with Gasteiger partial charge >= 0.3 is 0 Å². The highest BCUT2D eigenvalue weighted by Gasteiger charge is 2.27. The number of hydrogen-bond acceptors (Lipinski definition) is 6. The zero-order valence-electron chi connectivity index (χ0n) is 12.2. The molecule has 0 saturated carbocycles. The van der Waals surface area contributed by atoms with Crippen molar-refractivity contribution in [1.82, 2.24) is 4.90 Å². The smallest absolute Gasteiger partial charge is 0.265 e. The molecule has 0 aliphatic rings. The first-order valence-corrected chi connectivity index (χ1v) is 8.98. The van der Waals surface area contributed by atoms with Gasteiger partial charge in [-0.25, -0.2) is 8.42 Å². The molecule has 0 radical (unpaired) electrons. The van der Waals surface area contributed by atoms with Crippen LogP contribution in [0, 0.1) is 0 Å². The molecule has 1 aromatic rings. The molecule has 3 N–H and O–H groups in total. The lowest BCUT2D eigenvalue weighted by molar-refractivity contribution is 0.0833. The van der Waals surface area contributed by atoms with Crippen LogP contribution >= 0.6 is 11.3 Å². The Hall–Kier alpha value is -1.28. The maximum absolute atomic E-state index is 12.0. The fraction of sp³-hybridized carbons (Fsp3) is 0.583. The Morgan fingerprint density at radius 3 is 2.45 bits per heavy atom. The predicted molar refractivity (Wildman–Crippen MR) is 83.3 cm³/mol. The van der Waals surface area contributed by atoms with Crippen LogP contribution in [0.15, 0.2) is 4.90 Å². The second kappa shape index (κ2) is 6.45. The van der Waals surface area contributed by atoms with Gasteiger partial charge in [-0.2, -0.15) is 0 Å². The summed E-state index contributed by atoms with van der Waals surface area (Å²) in [4.78, 5) is 13.7. The molecule has 0 aliphatic heterocycles. The number of sulfone groups is 1. The van der Waals surface area contributed by atoms with E-state index in [9.17, 15) is 13.2 Å². The monoisotopic (exact) mass is 319 g/mol. The Bertz CT molecular complexity index is 591. The normalized spacial score (nSPS) is 11.4. The molecule has 1 aromatic heterocycles. The van der Waals surface area contributed by atoms with Crippen molar-refractivity contribution in [2.45, 2.75) is 24.7 Å². The van der Waals surface area contributed by atoms with Crippen molar-refractivity contribution in [3.63, 3.8) is 0 Å². The minimum absolute atomic E-state index is 0.0313. The summed E-state index contributed by atoms with van der Waals surface area (Å²) in [6.07, 6.45) is 3.00. The first kappa shape index (κ1) is 16.8. The molecule has 1 heterocycles. The third kappa shape index (κ3) is 3.63. The van der Waals surface area contributed by atoms with Crippen LogP contribution < -0.4 is 11.1 Å². The van der Waals surface area contributed by atoms with Crippen molar-refractivity contribution in [3.8, 4) is 0 Å². The number of rotatable bonds is 6. The third-order valence-corrected chi connectivity index (χ3v) is 5.13. The highest BCUT2D eigenvalue weighted by Crippen LogP contribution is 2.39. The molecule has 8 heteroatoms. The molecule has 20 heavy (non-hydrogen) atoms. The molecule has 0 bridgehead atoms. The number of carbonyl (C=O) groups excluding carboxylic acids is 1. The van der Waals surface area contributed by atoms with Crippen molar-refractivity contribution in [1.29, 1.82) is 0 Å². The van der Waals surface area contributed by atoms with Gasteiger partial charge in [0.05, 0.1) is 5.69 Å². The summed E-state index contributed by atoms with van der Waals surface area (Å²) in [5, 5.41) is 3.51. The van der Waals surface area contributed by atoms with Crippen LogP contribution in [0.4, 0.5) is 10.7 Å². The van der Waals surface area contributed by atoms with E-state index in [2.05, 4.69) is 5.32 Å². The van der Waals surface area contributed by atoms with E-state index in [-0.39, 0.29) is 21.4 Å². The zero-order valence-corrected chi connectivity index (χ0v) is 13.8. The standard InChI is InChI=1S/C12H21N3O3S2/c1-5-6-7-14-11-10(20(4,17)18)8(13)9(19-11)12(16)15(2)3/h14H,5-7,13H2,1-4H3. The number of carbonyl (C=O) groups is 1. The first-order valence-electron chi connectivity index (χ1n) is 6.28. The van der Waals surface area contributed by atoms with E-state index < -0.39 is 9.84 Å². The lowest BCUT2D eigenvalue weighted by Crippen LogP contribution is -2.21. The van der Waals surface area contributed by atoms with Crippen LogP contribution in [0.1, 0.15) is 29.4 Å². The lowest BCUT2D eigenvalue weighted by atomic mass is 10.3. The maximum atomic E-state index is 12.0. The molecular formula is C12H21N3O3S2. The molecule has 1 rings (SSSR count). The van der Waals surface area contributed by atoms with E-state index in [0.717, 1.165) is 30.4 Å². The molecule has 0 aromatic carbocycles. The van der Waals surface area contributed by atoms with Crippen molar-refractivity contribution >= 4 is 37.8 Å². The minimum Gasteiger partial charge on any atom is -0.396 e. The summed E-state index contributed by atoms with van der Waals surface area (Å²) in [6.45, 7) is 2.69. The average Bonchev–Trinajstić information content (AvgIpc) is 2.65. The predicted octanol–water partition coefficient (Wildman–Crippen LogP) is 1.65. The summed E-state index contributed by atoms with van der Waals surface area (Å²) in [7, 11) is -0.282. The molecular weight excluding hydrogens is 298 g/mol. The maximum Gasteiger partial charge on any atom is 0.265 e. The molecule has 114 valence electrons. The Morgan fingerprint density at radius 2 is 2.00 bits per heavy atom. The molecule has 0 unspecified atom stereocenters. The number of thiophene rings is 1. The van der Waals surface area contributed by atoms with Gasteiger partial charge < -0.3 is 16.0 Å². The molecule has 0 fully saturated rings. The van der Waals surface area contributed by atoms with Crippen LogP contribution in [-0.2, 0) is 9.84 Å². The Morgan fingerprint density at radius 1 is 1.40 bits per heavy atom. The van der Waals surface area contributed by atoms with Crippen molar-refractivity contribution in [2.75, 3.05) is 37.9 Å². The number of amides is 1. The van der Waals surface area contributed by atoms with Crippen LogP contribution in [0.3, 0.4) is 0 Å². The largest absolute Gasteiger partial charge is 0.396 e. The number of nitrogen functional groups attached to an aromatic ring is 1. The van der Waals surface area contributed by atoms with Gasteiger partial charge in [-0.3, -0.25) is 4.79 Å². The van der Waals surface area contributed by atoms with E-state index in [1.807, 2.05) is 6.92 Å². The van der Waals surface area contributed by atoms with Gasteiger partial charge in [0.1, 0.15) is 14.8 Å². The quantitative estimate of drug-likeness (QED) is 0.778. The number of nitrogens with zero attached hydrogens (tertiary/aromatic N) is 1. The second-order valence-corrected chi connectivity index (χ2v) is 7.73.